The van der Waals surface area contributed by atoms with Gasteiger partial charge in [-0.05, 0) is 43.7 Å². The first-order valence-electron chi connectivity index (χ1n) is 9.11. The third-order valence-corrected chi connectivity index (χ3v) is 4.30. The molecule has 0 aliphatic heterocycles. The van der Waals surface area contributed by atoms with Crippen molar-refractivity contribution in [3.63, 3.8) is 0 Å². The van der Waals surface area contributed by atoms with Crippen molar-refractivity contribution >= 4 is 40.9 Å². The highest BCUT2D eigenvalue weighted by Gasteiger charge is 2.15. The van der Waals surface area contributed by atoms with Crippen LogP contribution in [0.25, 0.3) is 11.0 Å². The number of hydrogen-bond acceptors (Lipinski definition) is 4. The highest BCUT2D eigenvalue weighted by atomic mass is 127. The Bertz CT molecular complexity index is 990. The molecule has 1 heterocycles. The molecule has 3 rings (SSSR count). The molecule has 1 unspecified atom stereocenters. The van der Waals surface area contributed by atoms with Gasteiger partial charge in [0.25, 0.3) is 0 Å². The lowest BCUT2D eigenvalue weighted by Crippen LogP contribution is -2.38. The Kier molecular flexibility index (Phi) is 8.12. The van der Waals surface area contributed by atoms with E-state index in [4.69, 9.17) is 9.15 Å². The summed E-state index contributed by atoms with van der Waals surface area (Å²) in [5.41, 5.74) is 1.41. The number of nitrogens with one attached hydrogen (secondary N) is 2. The van der Waals surface area contributed by atoms with Gasteiger partial charge in [0.05, 0.1) is 12.6 Å². The predicted molar refractivity (Wildman–Crippen MR) is 123 cm³/mol. The van der Waals surface area contributed by atoms with Gasteiger partial charge in [0.15, 0.2) is 28.9 Å². The second-order valence-corrected chi connectivity index (χ2v) is 6.33. The second-order valence-electron chi connectivity index (χ2n) is 6.33. The molecule has 6 nitrogen and oxygen atoms in total. The zero-order chi connectivity index (χ0) is 20.1. The van der Waals surface area contributed by atoms with Gasteiger partial charge in [0.2, 0.25) is 0 Å². The summed E-state index contributed by atoms with van der Waals surface area (Å²) < 4.78 is 25.1. The van der Waals surface area contributed by atoms with Crippen molar-refractivity contribution in [1.29, 1.82) is 0 Å². The number of rotatable bonds is 6. The second kappa shape index (κ2) is 10.3. The summed E-state index contributed by atoms with van der Waals surface area (Å²) in [5.74, 6) is 1.00. The minimum atomic E-state index is -0.650. The van der Waals surface area contributed by atoms with Gasteiger partial charge < -0.3 is 24.9 Å². The van der Waals surface area contributed by atoms with E-state index in [1.165, 1.54) is 12.1 Å². The van der Waals surface area contributed by atoms with Crippen molar-refractivity contribution in [2.45, 2.75) is 26.4 Å². The van der Waals surface area contributed by atoms with Crippen molar-refractivity contribution in [2.24, 2.45) is 4.99 Å². The molecule has 0 saturated carbocycles. The molecule has 29 heavy (non-hydrogen) atoms. The number of aromatic hydroxyl groups is 1. The first-order valence-corrected chi connectivity index (χ1v) is 9.11. The largest absolute Gasteiger partial charge is 0.505 e. The first-order chi connectivity index (χ1) is 13.5. The average molecular weight is 513 g/mol. The number of phenols is 1. The zero-order valence-corrected chi connectivity index (χ0v) is 18.9. The van der Waals surface area contributed by atoms with Gasteiger partial charge in [-0.3, -0.25) is 4.99 Å². The molecule has 156 valence electrons. The monoisotopic (exact) mass is 513 g/mol. The number of phenolic OH excluding ortho intramolecular Hbond substituents is 1. The molecular weight excluding hydrogens is 488 g/mol. The molecule has 2 aromatic carbocycles. The van der Waals surface area contributed by atoms with Crippen molar-refractivity contribution in [1.82, 2.24) is 10.6 Å². The van der Waals surface area contributed by atoms with Gasteiger partial charge in [0.1, 0.15) is 5.76 Å². The number of guanidine groups is 1. The van der Waals surface area contributed by atoms with E-state index in [1.807, 2.05) is 38.1 Å². The average Bonchev–Trinajstić information content (AvgIpc) is 3.13. The van der Waals surface area contributed by atoms with Crippen LogP contribution < -0.4 is 15.4 Å². The van der Waals surface area contributed by atoms with E-state index in [0.29, 0.717) is 24.7 Å². The molecule has 0 fully saturated rings. The molecule has 1 atom stereocenters. The Morgan fingerprint density at radius 3 is 2.76 bits per heavy atom. The van der Waals surface area contributed by atoms with Gasteiger partial charge in [-0.2, -0.15) is 0 Å². The molecule has 0 radical (unpaired) electrons. The summed E-state index contributed by atoms with van der Waals surface area (Å²) in [6.07, 6.45) is 0. The third-order valence-electron chi connectivity index (χ3n) is 4.30. The minimum Gasteiger partial charge on any atom is -0.505 e. The van der Waals surface area contributed by atoms with E-state index in [2.05, 4.69) is 15.6 Å². The van der Waals surface area contributed by atoms with Crippen LogP contribution in [0.2, 0.25) is 0 Å². The highest BCUT2D eigenvalue weighted by Crippen LogP contribution is 2.31. The van der Waals surface area contributed by atoms with Gasteiger partial charge in [-0.25, -0.2) is 4.39 Å². The smallest absolute Gasteiger partial charge is 0.191 e. The van der Waals surface area contributed by atoms with Crippen LogP contribution >= 0.6 is 24.0 Å². The lowest BCUT2D eigenvalue weighted by atomic mass is 10.2. The van der Waals surface area contributed by atoms with Crippen molar-refractivity contribution in [2.75, 3.05) is 13.7 Å². The number of fused-ring (bicyclic) bond motifs is 1. The fraction of sp³-hybridized carbons (Fsp3) is 0.286. The Balaban J connectivity index is 0.00000300. The fourth-order valence-electron chi connectivity index (χ4n) is 2.86. The van der Waals surface area contributed by atoms with Crippen molar-refractivity contribution in [3.8, 4) is 11.5 Å². The Morgan fingerprint density at radius 1 is 1.28 bits per heavy atom. The predicted octanol–water partition coefficient (Wildman–Crippen LogP) is 4.72. The molecule has 1 aromatic heterocycles. The van der Waals surface area contributed by atoms with Crippen LogP contribution in [0.3, 0.4) is 0 Å². The van der Waals surface area contributed by atoms with Crippen LogP contribution in [0.15, 0.2) is 51.9 Å². The summed E-state index contributed by atoms with van der Waals surface area (Å²) in [5, 5.41) is 16.6. The normalized spacial score (nSPS) is 12.3. The Hall–Kier alpha value is -2.49. The SMILES string of the molecule is CCOc1cccc2cc(C(C)NC(=NC)NCc3ccc(O)c(F)c3)oc12.I. The molecule has 0 saturated heterocycles. The van der Waals surface area contributed by atoms with Crippen molar-refractivity contribution < 1.29 is 18.7 Å². The summed E-state index contributed by atoms with van der Waals surface area (Å²) in [4.78, 5) is 4.19. The highest BCUT2D eigenvalue weighted by molar-refractivity contribution is 14.0. The quantitative estimate of drug-likeness (QED) is 0.253. The molecule has 0 bridgehead atoms. The number of hydrogen-bond donors (Lipinski definition) is 3. The van der Waals surface area contributed by atoms with E-state index in [1.54, 1.807) is 13.1 Å². The van der Waals surface area contributed by atoms with Gasteiger partial charge in [0, 0.05) is 19.0 Å². The molecule has 0 aliphatic rings. The molecule has 0 spiro atoms. The summed E-state index contributed by atoms with van der Waals surface area (Å²) >= 11 is 0. The van der Waals surface area contributed by atoms with E-state index in [0.717, 1.165) is 22.5 Å². The van der Waals surface area contributed by atoms with E-state index in [-0.39, 0.29) is 35.8 Å². The topological polar surface area (TPSA) is 79.0 Å². The van der Waals surface area contributed by atoms with Crippen LogP contribution in [-0.2, 0) is 6.54 Å². The third kappa shape index (κ3) is 5.53. The summed E-state index contributed by atoms with van der Waals surface area (Å²) in [6.45, 7) is 4.82. The van der Waals surface area contributed by atoms with Crippen LogP contribution in [-0.4, -0.2) is 24.7 Å². The van der Waals surface area contributed by atoms with E-state index < -0.39 is 5.82 Å². The van der Waals surface area contributed by atoms with Crippen LogP contribution in [0.5, 0.6) is 11.5 Å². The maximum Gasteiger partial charge on any atom is 0.191 e. The van der Waals surface area contributed by atoms with Gasteiger partial charge >= 0.3 is 0 Å². The fourth-order valence-corrected chi connectivity index (χ4v) is 2.86. The van der Waals surface area contributed by atoms with Crippen LogP contribution in [0, 0.1) is 5.82 Å². The Morgan fingerprint density at radius 2 is 2.07 bits per heavy atom. The number of aliphatic imine (C=N–C) groups is 1. The standard InChI is InChI=1S/C21H24FN3O3.HI/c1-4-27-18-7-5-6-15-11-19(28-20(15)18)13(2)25-21(23-3)24-12-14-8-9-17(26)16(22)10-14;/h5-11,13,26H,4,12H2,1-3H3,(H2,23,24,25);1H. The number of furan rings is 1. The maximum atomic E-state index is 13.5. The van der Waals surface area contributed by atoms with E-state index in [9.17, 15) is 9.50 Å². The molecule has 3 aromatic rings. The number of nitrogens with zero attached hydrogens (tertiary/aromatic N) is 1. The number of para-hydroxylation sites is 1. The molecule has 8 heteroatoms. The molecule has 0 amide bonds. The number of benzene rings is 2. The minimum absolute atomic E-state index is 0. The van der Waals surface area contributed by atoms with Crippen LogP contribution in [0.4, 0.5) is 4.39 Å². The van der Waals surface area contributed by atoms with Gasteiger partial charge in [-0.1, -0.05) is 18.2 Å². The maximum absolute atomic E-state index is 13.5. The number of halogens is 2. The Labute approximate surface area is 186 Å². The van der Waals surface area contributed by atoms with Gasteiger partial charge in [-0.15, -0.1) is 24.0 Å². The van der Waals surface area contributed by atoms with Crippen LogP contribution in [0.1, 0.15) is 31.2 Å². The molecule has 0 aliphatic carbocycles. The zero-order valence-electron chi connectivity index (χ0n) is 16.5. The number of ether oxygens (including phenoxy) is 1. The molecule has 3 N–H and O–H groups in total. The van der Waals surface area contributed by atoms with Crippen molar-refractivity contribution in [3.05, 3.63) is 59.6 Å². The summed E-state index contributed by atoms with van der Waals surface area (Å²) in [7, 11) is 1.66. The molecular formula is C21H25FIN3O3. The summed E-state index contributed by atoms with van der Waals surface area (Å²) in [6, 6.07) is 11.9. The van der Waals surface area contributed by atoms with E-state index >= 15 is 0 Å². The lowest BCUT2D eigenvalue weighted by Gasteiger charge is -2.16. The lowest BCUT2D eigenvalue weighted by molar-refractivity contribution is 0.336. The first kappa shape index (κ1) is 22.8.